The zero-order valence-electron chi connectivity index (χ0n) is 11.9. The maximum Gasteiger partial charge on any atom is 0.339 e. The number of aromatic nitrogens is 1. The van der Waals surface area contributed by atoms with Crippen LogP contribution in [0.2, 0.25) is 0 Å². The molecule has 0 aliphatic carbocycles. The fraction of sp³-hybridized carbons (Fsp3) is 0.0556. The second-order valence-corrected chi connectivity index (χ2v) is 4.96. The Kier molecular flexibility index (Phi) is 3.11. The average Bonchev–Trinajstić information content (AvgIpc) is 2.81. The van der Waals surface area contributed by atoms with E-state index in [9.17, 15) is 9.90 Å². The molecule has 4 nitrogen and oxygen atoms in total. The molecule has 0 aliphatic rings. The summed E-state index contributed by atoms with van der Waals surface area (Å²) in [6, 6.07) is 12.6. The van der Waals surface area contributed by atoms with E-state index in [1.165, 1.54) is 6.07 Å². The van der Waals surface area contributed by atoms with Crippen molar-refractivity contribution in [2.75, 3.05) is 0 Å². The maximum absolute atomic E-state index is 11.2. The largest absolute Gasteiger partial charge is 0.505 e. The Morgan fingerprint density at radius 1 is 1.18 bits per heavy atom. The highest BCUT2D eigenvalue weighted by molar-refractivity contribution is 6.04. The Hall–Kier alpha value is -3.19. The van der Waals surface area contributed by atoms with Crippen LogP contribution in [0, 0.1) is 12.3 Å². The van der Waals surface area contributed by atoms with Gasteiger partial charge in [-0.15, -0.1) is 6.42 Å². The Morgan fingerprint density at radius 2 is 1.86 bits per heavy atom. The third-order valence-corrected chi connectivity index (χ3v) is 3.75. The van der Waals surface area contributed by atoms with Crippen molar-refractivity contribution in [3.63, 3.8) is 0 Å². The lowest BCUT2D eigenvalue weighted by Gasteiger charge is -2.07. The molecule has 0 radical (unpaired) electrons. The van der Waals surface area contributed by atoms with E-state index in [1.807, 2.05) is 30.3 Å². The molecule has 0 amide bonds. The van der Waals surface area contributed by atoms with Crippen LogP contribution in [0.1, 0.15) is 15.9 Å². The quantitative estimate of drug-likeness (QED) is 0.713. The first-order chi connectivity index (χ1) is 10.6. The summed E-state index contributed by atoms with van der Waals surface area (Å²) in [7, 11) is 1.76. The number of phenols is 1. The molecule has 0 fully saturated rings. The van der Waals surface area contributed by atoms with Gasteiger partial charge in [0, 0.05) is 12.4 Å². The third kappa shape index (κ3) is 1.84. The number of aromatic hydroxyl groups is 1. The van der Waals surface area contributed by atoms with E-state index < -0.39 is 5.97 Å². The van der Waals surface area contributed by atoms with E-state index in [-0.39, 0.29) is 11.3 Å². The second kappa shape index (κ2) is 4.97. The van der Waals surface area contributed by atoms with Gasteiger partial charge in [0.25, 0.3) is 0 Å². The summed E-state index contributed by atoms with van der Waals surface area (Å²) in [5.41, 5.74) is 2.60. The number of carboxylic acid groups (broad SMARTS) is 1. The van der Waals surface area contributed by atoms with Gasteiger partial charge < -0.3 is 14.8 Å². The van der Waals surface area contributed by atoms with Crippen LogP contribution in [-0.4, -0.2) is 20.7 Å². The van der Waals surface area contributed by atoms with Crippen molar-refractivity contribution in [1.29, 1.82) is 0 Å². The summed E-state index contributed by atoms with van der Waals surface area (Å²) in [5, 5.41) is 20.1. The van der Waals surface area contributed by atoms with E-state index in [0.717, 1.165) is 11.3 Å². The number of nitrogens with zero attached hydrogens (tertiary/aromatic N) is 1. The van der Waals surface area contributed by atoms with Gasteiger partial charge in [-0.2, -0.15) is 0 Å². The van der Waals surface area contributed by atoms with E-state index in [1.54, 1.807) is 17.7 Å². The molecule has 3 rings (SSSR count). The van der Waals surface area contributed by atoms with Crippen LogP contribution in [0.3, 0.4) is 0 Å². The van der Waals surface area contributed by atoms with Crippen LogP contribution in [0.15, 0.2) is 42.5 Å². The summed E-state index contributed by atoms with van der Waals surface area (Å²) >= 11 is 0. The van der Waals surface area contributed by atoms with Gasteiger partial charge in [-0.1, -0.05) is 42.3 Å². The first kappa shape index (κ1) is 13.8. The minimum absolute atomic E-state index is 0.142. The van der Waals surface area contributed by atoms with Gasteiger partial charge in [0.2, 0.25) is 0 Å². The number of fused-ring (bicyclic) bond motifs is 1. The van der Waals surface area contributed by atoms with Crippen molar-refractivity contribution in [2.24, 2.45) is 7.05 Å². The molecule has 22 heavy (non-hydrogen) atoms. The van der Waals surface area contributed by atoms with Crippen LogP contribution in [0.4, 0.5) is 0 Å². The molecule has 1 aromatic heterocycles. The molecule has 2 aromatic carbocycles. The van der Waals surface area contributed by atoms with E-state index in [4.69, 9.17) is 11.5 Å². The van der Waals surface area contributed by atoms with Crippen LogP contribution in [0.5, 0.6) is 5.75 Å². The van der Waals surface area contributed by atoms with Gasteiger partial charge in [-0.25, -0.2) is 4.79 Å². The summed E-state index contributed by atoms with van der Waals surface area (Å²) in [5.74, 6) is 1.21. The van der Waals surface area contributed by atoms with Crippen molar-refractivity contribution in [3.8, 4) is 29.4 Å². The highest BCUT2D eigenvalue weighted by Gasteiger charge is 2.21. The monoisotopic (exact) mass is 291 g/mol. The molecule has 4 heteroatoms. The molecule has 0 saturated heterocycles. The van der Waals surface area contributed by atoms with Crippen molar-refractivity contribution in [3.05, 3.63) is 53.6 Å². The summed E-state index contributed by atoms with van der Waals surface area (Å²) < 4.78 is 1.74. The maximum atomic E-state index is 11.2. The predicted molar refractivity (Wildman–Crippen MR) is 84.9 cm³/mol. The van der Waals surface area contributed by atoms with Gasteiger partial charge in [0.15, 0.2) is 5.75 Å². The Morgan fingerprint density at radius 3 is 2.45 bits per heavy atom. The minimum Gasteiger partial charge on any atom is -0.505 e. The predicted octanol–water partition coefficient (Wildman–Crippen LogP) is 3.23. The van der Waals surface area contributed by atoms with Crippen molar-refractivity contribution in [1.82, 2.24) is 4.57 Å². The van der Waals surface area contributed by atoms with Crippen molar-refractivity contribution in [2.45, 2.75) is 0 Å². The number of benzene rings is 2. The number of hydrogen-bond acceptors (Lipinski definition) is 2. The number of hydrogen-bond donors (Lipinski definition) is 2. The van der Waals surface area contributed by atoms with Crippen LogP contribution >= 0.6 is 0 Å². The molecule has 0 saturated carbocycles. The Balaban J connectivity index is 2.46. The number of aryl methyl sites for hydroxylation is 1. The van der Waals surface area contributed by atoms with Gasteiger partial charge in [-0.05, 0) is 11.6 Å². The Labute approximate surface area is 127 Å². The molecule has 0 spiro atoms. The molecular formula is C18H13NO3. The zero-order valence-corrected chi connectivity index (χ0v) is 11.9. The number of terminal acetylenes is 1. The number of rotatable bonds is 2. The van der Waals surface area contributed by atoms with Crippen LogP contribution < -0.4 is 0 Å². The molecule has 0 atom stereocenters. The number of aromatic carboxylic acids is 1. The fourth-order valence-electron chi connectivity index (χ4n) is 2.78. The molecule has 1 heterocycles. The lowest BCUT2D eigenvalue weighted by molar-refractivity contribution is 0.0694. The summed E-state index contributed by atoms with van der Waals surface area (Å²) in [6.07, 6.45) is 5.65. The Bertz CT molecular complexity index is 931. The van der Waals surface area contributed by atoms with E-state index >= 15 is 0 Å². The summed E-state index contributed by atoms with van der Waals surface area (Å²) in [6.45, 7) is 0. The van der Waals surface area contributed by atoms with Crippen LogP contribution in [-0.2, 0) is 7.05 Å². The van der Waals surface area contributed by atoms with Crippen molar-refractivity contribution >= 4 is 16.9 Å². The highest BCUT2D eigenvalue weighted by Crippen LogP contribution is 2.38. The minimum atomic E-state index is -1.18. The highest BCUT2D eigenvalue weighted by atomic mass is 16.4. The molecule has 0 bridgehead atoms. The van der Waals surface area contributed by atoms with Crippen LogP contribution in [0.25, 0.3) is 22.2 Å². The number of carboxylic acids is 1. The van der Waals surface area contributed by atoms with Gasteiger partial charge in [0.05, 0.1) is 16.8 Å². The molecule has 2 N–H and O–H groups in total. The second-order valence-electron chi connectivity index (χ2n) is 4.96. The SMILES string of the molecule is C#Cc1c(-c2ccccc2)n(C)c2c(O)c(C(=O)O)ccc12. The van der Waals surface area contributed by atoms with Gasteiger partial charge >= 0.3 is 5.97 Å². The normalized spacial score (nSPS) is 10.5. The molecule has 3 aromatic rings. The van der Waals surface area contributed by atoms with E-state index in [0.29, 0.717) is 16.5 Å². The number of carbonyl (C=O) groups is 1. The molecular weight excluding hydrogens is 278 g/mol. The van der Waals surface area contributed by atoms with E-state index in [2.05, 4.69) is 5.92 Å². The standard InChI is InChI=1S/C18H13NO3/c1-3-12-13-9-10-14(18(21)22)17(20)16(13)19(2)15(12)11-7-5-4-6-8-11/h1,4-10,20H,2H3,(H,21,22). The lowest BCUT2D eigenvalue weighted by atomic mass is 10.0. The van der Waals surface area contributed by atoms with Gasteiger partial charge in [0.1, 0.15) is 5.56 Å². The van der Waals surface area contributed by atoms with Crippen molar-refractivity contribution < 1.29 is 15.0 Å². The van der Waals surface area contributed by atoms with Gasteiger partial charge in [-0.3, -0.25) is 0 Å². The summed E-state index contributed by atoms with van der Waals surface area (Å²) in [4.78, 5) is 11.2. The zero-order chi connectivity index (χ0) is 15.9. The molecule has 0 aliphatic heterocycles. The average molecular weight is 291 g/mol. The first-order valence-corrected chi connectivity index (χ1v) is 6.66. The third-order valence-electron chi connectivity index (χ3n) is 3.75. The molecule has 108 valence electrons. The molecule has 0 unspecified atom stereocenters. The fourth-order valence-corrected chi connectivity index (χ4v) is 2.78. The first-order valence-electron chi connectivity index (χ1n) is 6.66. The lowest BCUT2D eigenvalue weighted by Crippen LogP contribution is -1.98. The topological polar surface area (TPSA) is 62.5 Å². The smallest absolute Gasteiger partial charge is 0.339 e.